The van der Waals surface area contributed by atoms with Crippen molar-refractivity contribution in [3.63, 3.8) is 0 Å². The minimum atomic E-state index is -0.516. The first-order valence-electron chi connectivity index (χ1n) is 12.8. The smallest absolute Gasteiger partial charge is 0.410 e. The molecule has 4 heterocycles. The van der Waals surface area contributed by atoms with Crippen LogP contribution in [0.1, 0.15) is 67.2 Å². The molecular formula is C27H31F2N5O3. The van der Waals surface area contributed by atoms with Crippen LogP contribution in [-0.2, 0) is 11.2 Å². The molecule has 1 aromatic carbocycles. The van der Waals surface area contributed by atoms with Crippen LogP contribution in [0.4, 0.5) is 13.6 Å². The van der Waals surface area contributed by atoms with Crippen molar-refractivity contribution in [2.24, 2.45) is 0 Å². The number of likely N-dealkylation sites (tertiary alicyclic amines) is 2. The van der Waals surface area contributed by atoms with Crippen molar-refractivity contribution in [2.75, 3.05) is 26.2 Å². The summed E-state index contributed by atoms with van der Waals surface area (Å²) in [4.78, 5) is 36.8. The maximum atomic E-state index is 15.2. The van der Waals surface area contributed by atoms with Gasteiger partial charge in [0.05, 0.1) is 17.2 Å². The minimum absolute atomic E-state index is 0.0366. The van der Waals surface area contributed by atoms with Crippen LogP contribution in [0.3, 0.4) is 0 Å². The number of benzene rings is 1. The molecule has 0 saturated carbocycles. The van der Waals surface area contributed by atoms with E-state index < -0.39 is 11.6 Å². The third kappa shape index (κ3) is 5.14. The number of ether oxygens (including phenoxy) is 1. The molecule has 2 aliphatic rings. The Morgan fingerprint density at radius 2 is 1.76 bits per heavy atom. The molecule has 2 amide bonds. The van der Waals surface area contributed by atoms with Gasteiger partial charge in [0, 0.05) is 50.4 Å². The van der Waals surface area contributed by atoms with Gasteiger partial charge in [-0.1, -0.05) is 6.07 Å². The van der Waals surface area contributed by atoms with Crippen LogP contribution < -0.4 is 0 Å². The highest BCUT2D eigenvalue weighted by molar-refractivity contribution is 5.94. The summed E-state index contributed by atoms with van der Waals surface area (Å²) in [5.74, 6) is -1.15. The number of carbonyl (C=O) groups excluding carboxylic acids is 2. The zero-order valence-corrected chi connectivity index (χ0v) is 21.1. The maximum absolute atomic E-state index is 15.2. The highest BCUT2D eigenvalue weighted by Crippen LogP contribution is 2.31. The number of fused-ring (bicyclic) bond motifs is 1. The van der Waals surface area contributed by atoms with Crippen LogP contribution in [-0.4, -0.2) is 68.6 Å². The zero-order chi connectivity index (χ0) is 26.1. The average Bonchev–Trinajstić information content (AvgIpc) is 3.53. The summed E-state index contributed by atoms with van der Waals surface area (Å²) < 4.78 is 37.3. The molecule has 2 aromatic heterocycles. The lowest BCUT2D eigenvalue weighted by atomic mass is 10.0. The van der Waals surface area contributed by atoms with Crippen molar-refractivity contribution in [1.29, 1.82) is 0 Å². The molecule has 0 aliphatic carbocycles. The number of nitrogens with zero attached hydrogens (tertiary/aromatic N) is 5. The average molecular weight is 512 g/mol. The Morgan fingerprint density at radius 1 is 1.03 bits per heavy atom. The van der Waals surface area contributed by atoms with Crippen molar-refractivity contribution in [2.45, 2.75) is 58.1 Å². The summed E-state index contributed by atoms with van der Waals surface area (Å²) in [7, 11) is 0. The Balaban J connectivity index is 1.34. The lowest BCUT2D eigenvalue weighted by molar-refractivity contribution is 0.0662. The molecule has 0 radical (unpaired) electrons. The SMILES string of the molecule is CC(C)OC(=O)N1CCC(n2cc(F)c3c(Cc4ccc(C(=O)N5CCCC5)cc4F)ncnc32)CC1. The number of hydrogen-bond acceptors (Lipinski definition) is 5. The van der Waals surface area contributed by atoms with Crippen LogP contribution in [0.25, 0.3) is 11.0 Å². The topological polar surface area (TPSA) is 80.6 Å². The molecule has 2 saturated heterocycles. The predicted octanol–water partition coefficient (Wildman–Crippen LogP) is 4.72. The Bertz CT molecular complexity index is 1310. The fraction of sp³-hybridized carbons (Fsp3) is 0.481. The molecule has 0 unspecified atom stereocenters. The van der Waals surface area contributed by atoms with Crippen molar-refractivity contribution < 1.29 is 23.1 Å². The summed E-state index contributed by atoms with van der Waals surface area (Å²) in [5, 5.41) is 0.265. The third-order valence-electron chi connectivity index (χ3n) is 7.15. The van der Waals surface area contributed by atoms with Gasteiger partial charge in [0.25, 0.3) is 5.91 Å². The zero-order valence-electron chi connectivity index (χ0n) is 21.1. The second-order valence-electron chi connectivity index (χ2n) is 10.0. The highest BCUT2D eigenvalue weighted by atomic mass is 19.1. The largest absolute Gasteiger partial charge is 0.447 e. The number of rotatable bonds is 5. The number of piperidine rings is 1. The predicted molar refractivity (Wildman–Crippen MR) is 133 cm³/mol. The minimum Gasteiger partial charge on any atom is -0.447 e. The monoisotopic (exact) mass is 511 g/mol. The van der Waals surface area contributed by atoms with Crippen LogP contribution >= 0.6 is 0 Å². The molecule has 10 heteroatoms. The van der Waals surface area contributed by atoms with Gasteiger partial charge in [0.1, 0.15) is 17.8 Å². The fourth-order valence-corrected chi connectivity index (χ4v) is 5.22. The van der Waals surface area contributed by atoms with Crippen LogP contribution in [0.5, 0.6) is 0 Å². The molecule has 196 valence electrons. The molecule has 0 bridgehead atoms. The van der Waals surface area contributed by atoms with E-state index in [0.29, 0.717) is 61.5 Å². The van der Waals surface area contributed by atoms with E-state index in [1.807, 2.05) is 13.8 Å². The first-order valence-corrected chi connectivity index (χ1v) is 12.8. The van der Waals surface area contributed by atoms with Gasteiger partial charge in [0.2, 0.25) is 0 Å². The summed E-state index contributed by atoms with van der Waals surface area (Å²) in [6, 6.07) is 4.42. The van der Waals surface area contributed by atoms with Gasteiger partial charge in [0.15, 0.2) is 5.82 Å². The van der Waals surface area contributed by atoms with E-state index in [9.17, 15) is 9.59 Å². The highest BCUT2D eigenvalue weighted by Gasteiger charge is 2.28. The van der Waals surface area contributed by atoms with E-state index in [4.69, 9.17) is 4.74 Å². The van der Waals surface area contributed by atoms with Crippen LogP contribution in [0.15, 0.2) is 30.7 Å². The van der Waals surface area contributed by atoms with Crippen molar-refractivity contribution in [3.8, 4) is 0 Å². The summed E-state index contributed by atoms with van der Waals surface area (Å²) in [6.07, 6.45) is 5.54. The molecule has 5 rings (SSSR count). The Hall–Kier alpha value is -3.56. The number of carbonyl (C=O) groups is 2. The van der Waals surface area contributed by atoms with Crippen molar-refractivity contribution >= 4 is 23.0 Å². The number of hydrogen-bond donors (Lipinski definition) is 0. The molecule has 3 aromatic rings. The van der Waals surface area contributed by atoms with E-state index in [0.717, 1.165) is 12.8 Å². The third-order valence-corrected chi connectivity index (χ3v) is 7.15. The maximum Gasteiger partial charge on any atom is 0.410 e. The molecule has 0 atom stereocenters. The molecule has 0 N–H and O–H groups in total. The van der Waals surface area contributed by atoms with Gasteiger partial charge < -0.3 is 19.1 Å². The second kappa shape index (κ2) is 10.4. The van der Waals surface area contributed by atoms with E-state index in [1.165, 1.54) is 18.6 Å². The Morgan fingerprint density at radius 3 is 2.43 bits per heavy atom. The van der Waals surface area contributed by atoms with Gasteiger partial charge >= 0.3 is 6.09 Å². The van der Waals surface area contributed by atoms with Gasteiger partial charge in [-0.2, -0.15) is 0 Å². The molecule has 2 aliphatic heterocycles. The fourth-order valence-electron chi connectivity index (χ4n) is 5.22. The summed E-state index contributed by atoms with van der Waals surface area (Å²) in [5.41, 5.74) is 1.49. The van der Waals surface area contributed by atoms with Gasteiger partial charge in [-0.05, 0) is 57.2 Å². The van der Waals surface area contributed by atoms with Gasteiger partial charge in [-0.15, -0.1) is 0 Å². The van der Waals surface area contributed by atoms with E-state index in [2.05, 4.69) is 9.97 Å². The molecular weight excluding hydrogens is 480 g/mol. The molecule has 8 nitrogen and oxygen atoms in total. The van der Waals surface area contributed by atoms with Crippen LogP contribution in [0, 0.1) is 11.6 Å². The van der Waals surface area contributed by atoms with Crippen molar-refractivity contribution in [3.05, 3.63) is 59.2 Å². The quantitative estimate of drug-likeness (QED) is 0.495. The molecule has 2 fully saturated rings. The standard InChI is InChI=1S/C27H31F2N5O3/c1-17(2)37-27(36)33-11-7-20(8-12-33)34-15-22(29)24-23(30-16-31-25(24)34)14-18-5-6-19(13-21(18)28)26(35)32-9-3-4-10-32/h5-6,13,15-17,20H,3-4,7-12,14H2,1-2H3. The lowest BCUT2D eigenvalue weighted by Crippen LogP contribution is -2.40. The Labute approximate surface area is 214 Å². The lowest BCUT2D eigenvalue weighted by Gasteiger charge is -2.32. The normalized spacial score (nSPS) is 16.7. The number of amides is 2. The summed E-state index contributed by atoms with van der Waals surface area (Å²) in [6.45, 7) is 6.01. The second-order valence-corrected chi connectivity index (χ2v) is 10.0. The van der Waals surface area contributed by atoms with E-state index in [1.54, 1.807) is 26.5 Å². The number of halogens is 2. The van der Waals surface area contributed by atoms with E-state index in [-0.39, 0.29) is 36.0 Å². The number of aromatic nitrogens is 3. The molecule has 0 spiro atoms. The summed E-state index contributed by atoms with van der Waals surface area (Å²) >= 11 is 0. The van der Waals surface area contributed by atoms with Crippen molar-refractivity contribution in [1.82, 2.24) is 24.3 Å². The van der Waals surface area contributed by atoms with Gasteiger partial charge in [-0.25, -0.2) is 23.5 Å². The molecule has 37 heavy (non-hydrogen) atoms. The Kier molecular flexibility index (Phi) is 7.08. The first-order chi connectivity index (χ1) is 17.8. The van der Waals surface area contributed by atoms with Gasteiger partial charge in [-0.3, -0.25) is 4.79 Å². The van der Waals surface area contributed by atoms with Crippen LogP contribution in [0.2, 0.25) is 0 Å². The van der Waals surface area contributed by atoms with E-state index >= 15 is 8.78 Å². The first kappa shape index (κ1) is 25.1.